The lowest BCUT2D eigenvalue weighted by molar-refractivity contribution is 0.218. The average molecular weight is 247 g/mol. The molecule has 1 aliphatic rings. The molecular formula is C13H17N3O2. The topological polar surface area (TPSA) is 67.9 Å². The third-order valence-electron chi connectivity index (χ3n) is 2.76. The van der Waals surface area contributed by atoms with Gasteiger partial charge in [0.2, 0.25) is 0 Å². The summed E-state index contributed by atoms with van der Waals surface area (Å²) in [5.41, 5.74) is 6.70. The van der Waals surface area contributed by atoms with E-state index in [-0.39, 0.29) is 18.2 Å². The maximum atomic E-state index is 11.4. The van der Waals surface area contributed by atoms with Crippen LogP contribution in [0.4, 0.5) is 4.79 Å². The second kappa shape index (κ2) is 4.68. The SMILES string of the molecule is CC(C)Oc1ccc(C2C(N)=NC(=O)N2C)cc1. The van der Waals surface area contributed by atoms with Gasteiger partial charge in [-0.15, -0.1) is 0 Å². The number of likely N-dealkylation sites (N-methyl/N-ethyl adjacent to an activating group) is 1. The van der Waals surface area contributed by atoms with Crippen LogP contribution in [0, 0.1) is 0 Å². The summed E-state index contributed by atoms with van der Waals surface area (Å²) < 4.78 is 5.56. The van der Waals surface area contributed by atoms with Crippen molar-refractivity contribution in [2.45, 2.75) is 26.0 Å². The van der Waals surface area contributed by atoms with Crippen molar-refractivity contribution in [1.82, 2.24) is 4.90 Å². The van der Waals surface area contributed by atoms with Crippen LogP contribution in [-0.4, -0.2) is 29.9 Å². The van der Waals surface area contributed by atoms with Gasteiger partial charge in [0, 0.05) is 7.05 Å². The van der Waals surface area contributed by atoms with Gasteiger partial charge in [-0.1, -0.05) is 12.1 Å². The minimum atomic E-state index is -0.306. The number of hydrogen-bond donors (Lipinski definition) is 1. The molecule has 0 bridgehead atoms. The van der Waals surface area contributed by atoms with Gasteiger partial charge in [0.15, 0.2) is 0 Å². The van der Waals surface area contributed by atoms with E-state index in [0.717, 1.165) is 11.3 Å². The molecule has 2 rings (SSSR count). The molecule has 0 aliphatic carbocycles. The Morgan fingerprint density at radius 1 is 1.33 bits per heavy atom. The highest BCUT2D eigenvalue weighted by Gasteiger charge is 2.31. The van der Waals surface area contributed by atoms with Crippen molar-refractivity contribution < 1.29 is 9.53 Å². The Bertz CT molecular complexity index is 480. The molecule has 5 nitrogen and oxygen atoms in total. The average Bonchev–Trinajstić information content (AvgIpc) is 2.54. The molecular weight excluding hydrogens is 230 g/mol. The first-order valence-electron chi connectivity index (χ1n) is 5.86. The van der Waals surface area contributed by atoms with Crippen molar-refractivity contribution in [3.05, 3.63) is 29.8 Å². The molecule has 2 N–H and O–H groups in total. The zero-order valence-electron chi connectivity index (χ0n) is 10.8. The van der Waals surface area contributed by atoms with Crippen molar-refractivity contribution in [2.24, 2.45) is 10.7 Å². The Kier molecular flexibility index (Phi) is 3.23. The molecule has 2 amide bonds. The molecule has 0 saturated heterocycles. The summed E-state index contributed by atoms with van der Waals surface area (Å²) in [5.74, 6) is 1.14. The number of carbonyl (C=O) groups is 1. The molecule has 0 fully saturated rings. The standard InChI is InChI=1S/C13H17N3O2/c1-8(2)18-10-6-4-9(5-7-10)11-12(14)15-13(17)16(11)3/h4-8,11H,1-3H3,(H2,14,15,17). The van der Waals surface area contributed by atoms with Gasteiger partial charge in [-0.05, 0) is 31.5 Å². The van der Waals surface area contributed by atoms with Crippen molar-refractivity contribution in [3.8, 4) is 5.75 Å². The Hall–Kier alpha value is -2.04. The second-order valence-electron chi connectivity index (χ2n) is 4.57. The van der Waals surface area contributed by atoms with E-state index in [1.807, 2.05) is 38.1 Å². The molecule has 0 spiro atoms. The van der Waals surface area contributed by atoms with Gasteiger partial charge >= 0.3 is 6.03 Å². The first-order chi connectivity index (χ1) is 8.49. The monoisotopic (exact) mass is 247 g/mol. The number of nitrogens with zero attached hydrogens (tertiary/aromatic N) is 2. The third-order valence-corrected chi connectivity index (χ3v) is 2.76. The van der Waals surface area contributed by atoms with E-state index in [0.29, 0.717) is 5.84 Å². The number of rotatable bonds is 3. The van der Waals surface area contributed by atoms with E-state index in [2.05, 4.69) is 4.99 Å². The number of amidine groups is 1. The zero-order valence-corrected chi connectivity index (χ0v) is 10.8. The number of aliphatic imine (C=N–C) groups is 1. The Balaban J connectivity index is 2.20. The number of carbonyl (C=O) groups excluding carboxylic acids is 1. The van der Waals surface area contributed by atoms with Gasteiger partial charge in [-0.3, -0.25) is 0 Å². The van der Waals surface area contributed by atoms with Crippen LogP contribution in [0.2, 0.25) is 0 Å². The number of hydrogen-bond acceptors (Lipinski definition) is 3. The quantitative estimate of drug-likeness (QED) is 0.887. The molecule has 1 aromatic carbocycles. The van der Waals surface area contributed by atoms with Crippen LogP contribution in [0.25, 0.3) is 0 Å². The second-order valence-corrected chi connectivity index (χ2v) is 4.57. The van der Waals surface area contributed by atoms with Crippen molar-refractivity contribution in [1.29, 1.82) is 0 Å². The summed E-state index contributed by atoms with van der Waals surface area (Å²) in [5, 5.41) is 0. The fourth-order valence-electron chi connectivity index (χ4n) is 1.95. The van der Waals surface area contributed by atoms with E-state index in [1.165, 1.54) is 4.90 Å². The minimum absolute atomic E-state index is 0.137. The molecule has 1 atom stereocenters. The highest BCUT2D eigenvalue weighted by Crippen LogP contribution is 2.26. The summed E-state index contributed by atoms with van der Waals surface area (Å²) in [6, 6.07) is 6.98. The number of ether oxygens (including phenoxy) is 1. The summed E-state index contributed by atoms with van der Waals surface area (Å²) in [4.78, 5) is 16.7. The van der Waals surface area contributed by atoms with Gasteiger partial charge in [0.1, 0.15) is 17.6 Å². The lowest BCUT2D eigenvalue weighted by atomic mass is 10.1. The van der Waals surface area contributed by atoms with Gasteiger partial charge < -0.3 is 15.4 Å². The first-order valence-corrected chi connectivity index (χ1v) is 5.86. The van der Waals surface area contributed by atoms with Crippen LogP contribution in [0.5, 0.6) is 5.75 Å². The van der Waals surface area contributed by atoms with Crippen LogP contribution in [0.15, 0.2) is 29.3 Å². The maximum Gasteiger partial charge on any atom is 0.345 e. The summed E-state index contributed by atoms with van der Waals surface area (Å²) in [6.45, 7) is 3.95. The van der Waals surface area contributed by atoms with Gasteiger partial charge in [0.05, 0.1) is 6.10 Å². The predicted molar refractivity (Wildman–Crippen MR) is 69.7 cm³/mol. The summed E-state index contributed by atoms with van der Waals surface area (Å²) >= 11 is 0. The van der Waals surface area contributed by atoms with Crippen LogP contribution in [0.1, 0.15) is 25.5 Å². The predicted octanol–water partition coefficient (Wildman–Crippen LogP) is 1.94. The molecule has 1 aliphatic heterocycles. The molecule has 18 heavy (non-hydrogen) atoms. The number of nitrogens with two attached hydrogens (primary N) is 1. The van der Waals surface area contributed by atoms with Crippen LogP contribution < -0.4 is 10.5 Å². The largest absolute Gasteiger partial charge is 0.491 e. The van der Waals surface area contributed by atoms with Gasteiger partial charge in [-0.2, -0.15) is 4.99 Å². The molecule has 1 aromatic rings. The van der Waals surface area contributed by atoms with Gasteiger partial charge in [0.25, 0.3) is 0 Å². The fraction of sp³-hybridized carbons (Fsp3) is 0.385. The Morgan fingerprint density at radius 2 is 1.94 bits per heavy atom. The van der Waals surface area contributed by atoms with E-state index in [1.54, 1.807) is 7.05 Å². The van der Waals surface area contributed by atoms with Crippen LogP contribution in [-0.2, 0) is 0 Å². The number of amides is 2. The summed E-state index contributed by atoms with van der Waals surface area (Å²) in [7, 11) is 1.69. The molecule has 0 aromatic heterocycles. The fourth-order valence-corrected chi connectivity index (χ4v) is 1.95. The maximum absolute atomic E-state index is 11.4. The summed E-state index contributed by atoms with van der Waals surface area (Å²) in [6.07, 6.45) is 0.137. The van der Waals surface area contributed by atoms with E-state index >= 15 is 0 Å². The van der Waals surface area contributed by atoms with Crippen LogP contribution >= 0.6 is 0 Å². The van der Waals surface area contributed by atoms with Gasteiger partial charge in [-0.25, -0.2) is 4.79 Å². The van der Waals surface area contributed by atoms with Crippen molar-refractivity contribution in [3.63, 3.8) is 0 Å². The van der Waals surface area contributed by atoms with E-state index < -0.39 is 0 Å². The molecule has 5 heteroatoms. The zero-order chi connectivity index (χ0) is 13.3. The van der Waals surface area contributed by atoms with Crippen molar-refractivity contribution >= 4 is 11.9 Å². The molecule has 0 saturated carbocycles. The third kappa shape index (κ3) is 2.30. The molecule has 1 unspecified atom stereocenters. The minimum Gasteiger partial charge on any atom is -0.491 e. The molecule has 0 radical (unpaired) electrons. The Labute approximate surface area is 106 Å². The highest BCUT2D eigenvalue weighted by molar-refractivity contribution is 6.03. The highest BCUT2D eigenvalue weighted by atomic mass is 16.5. The number of urea groups is 1. The smallest absolute Gasteiger partial charge is 0.345 e. The normalized spacial score (nSPS) is 19.3. The van der Waals surface area contributed by atoms with Crippen LogP contribution in [0.3, 0.4) is 0 Å². The van der Waals surface area contributed by atoms with E-state index in [4.69, 9.17) is 10.5 Å². The molecule has 1 heterocycles. The lowest BCUT2D eigenvalue weighted by Gasteiger charge is -2.20. The molecule has 96 valence electrons. The Morgan fingerprint density at radius 3 is 2.39 bits per heavy atom. The number of benzene rings is 1. The van der Waals surface area contributed by atoms with Crippen molar-refractivity contribution in [2.75, 3.05) is 7.05 Å². The lowest BCUT2D eigenvalue weighted by Crippen LogP contribution is -2.29. The first kappa shape index (κ1) is 12.4. The van der Waals surface area contributed by atoms with E-state index in [9.17, 15) is 4.79 Å².